The Morgan fingerprint density at radius 3 is 2.33 bits per heavy atom. The lowest BCUT2D eigenvalue weighted by Gasteiger charge is -2.34. The highest BCUT2D eigenvalue weighted by Crippen LogP contribution is 2.23. The molecule has 0 bridgehead atoms. The maximum atomic E-state index is 13.2. The number of amides is 2. The predicted molar refractivity (Wildman–Crippen MR) is 147 cm³/mol. The molecule has 1 N–H and O–H groups in total. The number of ether oxygens (including phenoxy) is 1. The first-order valence-electron chi connectivity index (χ1n) is 12.4. The Morgan fingerprint density at radius 2 is 1.59 bits per heavy atom. The van der Waals surface area contributed by atoms with Crippen LogP contribution in [0.5, 0.6) is 0 Å². The zero-order valence-electron chi connectivity index (χ0n) is 21.3. The van der Waals surface area contributed by atoms with E-state index in [2.05, 4.69) is 15.3 Å². The SMILES string of the molecule is CS(=O)(=O)c1nc(NC(=O)c2cccc3ccccc23)cc(N2CCN(C(=O)OCc3ccccc3)CC2)n1. The molecule has 3 aromatic carbocycles. The first-order chi connectivity index (χ1) is 18.8. The van der Waals surface area contributed by atoms with Crippen LogP contribution in [0.15, 0.2) is 84.0 Å². The van der Waals surface area contributed by atoms with E-state index in [1.807, 2.05) is 65.6 Å². The molecule has 2 heterocycles. The van der Waals surface area contributed by atoms with Gasteiger partial charge in [-0.25, -0.2) is 23.2 Å². The highest BCUT2D eigenvalue weighted by atomic mass is 32.2. The Bertz CT molecular complexity index is 1610. The Kier molecular flexibility index (Phi) is 7.42. The average molecular weight is 546 g/mol. The van der Waals surface area contributed by atoms with Crippen LogP contribution in [0.1, 0.15) is 15.9 Å². The van der Waals surface area contributed by atoms with Crippen LogP contribution >= 0.6 is 0 Å². The zero-order chi connectivity index (χ0) is 27.4. The summed E-state index contributed by atoms with van der Waals surface area (Å²) in [5, 5.41) is 4.02. The van der Waals surface area contributed by atoms with E-state index >= 15 is 0 Å². The third-order valence-corrected chi connectivity index (χ3v) is 7.21. The molecule has 5 rings (SSSR count). The minimum atomic E-state index is -3.76. The lowest BCUT2D eigenvalue weighted by atomic mass is 10.0. The first-order valence-corrected chi connectivity index (χ1v) is 14.3. The van der Waals surface area contributed by atoms with Gasteiger partial charge in [0.2, 0.25) is 9.84 Å². The zero-order valence-corrected chi connectivity index (χ0v) is 22.1. The van der Waals surface area contributed by atoms with Crippen molar-refractivity contribution in [2.75, 3.05) is 42.7 Å². The number of carbonyl (C=O) groups excluding carboxylic acids is 2. The third kappa shape index (κ3) is 6.15. The van der Waals surface area contributed by atoms with Gasteiger partial charge in [0.15, 0.2) is 0 Å². The number of aromatic nitrogens is 2. The summed E-state index contributed by atoms with van der Waals surface area (Å²) in [5.41, 5.74) is 1.34. The molecule has 200 valence electrons. The second kappa shape index (κ2) is 11.1. The summed E-state index contributed by atoms with van der Waals surface area (Å²) in [6.45, 7) is 1.71. The van der Waals surface area contributed by atoms with Crippen molar-refractivity contribution < 1.29 is 22.7 Å². The van der Waals surface area contributed by atoms with E-state index in [1.54, 1.807) is 23.1 Å². The van der Waals surface area contributed by atoms with Crippen LogP contribution in [-0.4, -0.2) is 67.7 Å². The number of fused-ring (bicyclic) bond motifs is 1. The van der Waals surface area contributed by atoms with Crippen molar-refractivity contribution in [1.29, 1.82) is 0 Å². The van der Waals surface area contributed by atoms with E-state index in [9.17, 15) is 18.0 Å². The third-order valence-electron chi connectivity index (χ3n) is 6.37. The van der Waals surface area contributed by atoms with Crippen molar-refractivity contribution in [3.05, 3.63) is 90.0 Å². The minimum absolute atomic E-state index is 0.0723. The largest absolute Gasteiger partial charge is 0.445 e. The van der Waals surface area contributed by atoms with E-state index in [4.69, 9.17) is 4.74 Å². The minimum Gasteiger partial charge on any atom is -0.445 e. The van der Waals surface area contributed by atoms with E-state index in [0.717, 1.165) is 22.6 Å². The molecule has 0 radical (unpaired) electrons. The number of sulfone groups is 1. The maximum Gasteiger partial charge on any atom is 0.410 e. The maximum absolute atomic E-state index is 13.2. The smallest absolute Gasteiger partial charge is 0.410 e. The second-order valence-corrected chi connectivity index (χ2v) is 11.1. The number of piperazine rings is 1. The number of nitrogens with one attached hydrogen (secondary N) is 1. The molecule has 39 heavy (non-hydrogen) atoms. The van der Waals surface area contributed by atoms with E-state index in [0.29, 0.717) is 37.6 Å². The van der Waals surface area contributed by atoms with Crippen molar-refractivity contribution in [2.24, 2.45) is 0 Å². The molecular formula is C28H27N5O5S. The fourth-order valence-electron chi connectivity index (χ4n) is 4.34. The van der Waals surface area contributed by atoms with Crippen LogP contribution in [0, 0.1) is 0 Å². The number of carbonyl (C=O) groups is 2. The molecule has 0 atom stereocenters. The quantitative estimate of drug-likeness (QED) is 0.364. The fraction of sp³-hybridized carbons (Fsp3) is 0.214. The average Bonchev–Trinajstić information content (AvgIpc) is 2.95. The van der Waals surface area contributed by atoms with Crippen molar-refractivity contribution in [2.45, 2.75) is 11.8 Å². The van der Waals surface area contributed by atoms with Gasteiger partial charge in [0.1, 0.15) is 18.2 Å². The molecule has 0 unspecified atom stereocenters. The van der Waals surface area contributed by atoms with Gasteiger partial charge in [-0.3, -0.25) is 4.79 Å². The Hall–Kier alpha value is -4.51. The number of benzene rings is 3. The topological polar surface area (TPSA) is 122 Å². The molecule has 0 aliphatic carbocycles. The van der Waals surface area contributed by atoms with Crippen LogP contribution in [0.3, 0.4) is 0 Å². The van der Waals surface area contributed by atoms with Gasteiger partial charge < -0.3 is 19.9 Å². The summed E-state index contributed by atoms with van der Waals surface area (Å²) in [6.07, 6.45) is 0.601. The van der Waals surface area contributed by atoms with Crippen LogP contribution in [0.25, 0.3) is 10.8 Å². The van der Waals surface area contributed by atoms with Gasteiger partial charge in [-0.05, 0) is 22.4 Å². The van der Waals surface area contributed by atoms with Crippen LogP contribution in [-0.2, 0) is 21.2 Å². The number of rotatable bonds is 6. The molecule has 1 aliphatic heterocycles. The van der Waals surface area contributed by atoms with Gasteiger partial charge in [-0.2, -0.15) is 0 Å². The monoisotopic (exact) mass is 545 g/mol. The molecule has 10 nitrogen and oxygen atoms in total. The van der Waals surface area contributed by atoms with Gasteiger partial charge in [0.05, 0.1) is 0 Å². The van der Waals surface area contributed by atoms with E-state index in [-0.39, 0.29) is 12.4 Å². The summed E-state index contributed by atoms with van der Waals surface area (Å²) < 4.78 is 30.1. The van der Waals surface area contributed by atoms with E-state index in [1.165, 1.54) is 0 Å². The molecule has 1 aliphatic rings. The molecule has 11 heteroatoms. The van der Waals surface area contributed by atoms with Gasteiger partial charge >= 0.3 is 6.09 Å². The van der Waals surface area contributed by atoms with Crippen molar-refractivity contribution in [3.8, 4) is 0 Å². The van der Waals surface area contributed by atoms with Crippen molar-refractivity contribution in [1.82, 2.24) is 14.9 Å². The standard InChI is InChI=1S/C28H27N5O5S/c1-39(36,37)27-30-24(29-26(34)23-13-7-11-21-10-5-6-12-22(21)23)18-25(31-27)32-14-16-33(17-15-32)28(35)38-19-20-8-3-2-4-9-20/h2-13,18H,14-17,19H2,1H3,(H,29,30,31,34). The van der Waals surface area contributed by atoms with Gasteiger partial charge in [-0.15, -0.1) is 0 Å². The lowest BCUT2D eigenvalue weighted by molar-refractivity contribution is 0.0940. The highest BCUT2D eigenvalue weighted by molar-refractivity contribution is 7.90. The predicted octanol–water partition coefficient (Wildman–Crippen LogP) is 3.74. The fourth-order valence-corrected chi connectivity index (χ4v) is 4.86. The van der Waals surface area contributed by atoms with E-state index < -0.39 is 27.0 Å². The van der Waals surface area contributed by atoms with Crippen molar-refractivity contribution >= 4 is 44.2 Å². The summed E-state index contributed by atoms with van der Waals surface area (Å²) in [4.78, 5) is 37.5. The number of hydrogen-bond acceptors (Lipinski definition) is 8. The van der Waals surface area contributed by atoms with Crippen LogP contribution < -0.4 is 10.2 Å². The number of nitrogens with zero attached hydrogens (tertiary/aromatic N) is 4. The Labute approximate surface area is 226 Å². The highest BCUT2D eigenvalue weighted by Gasteiger charge is 2.25. The molecule has 1 fully saturated rings. The summed E-state index contributed by atoms with van der Waals surface area (Å²) in [5.74, 6) is 0.000823. The summed E-state index contributed by atoms with van der Waals surface area (Å²) in [7, 11) is -3.76. The van der Waals surface area contributed by atoms with Crippen LogP contribution in [0.2, 0.25) is 0 Å². The molecule has 1 saturated heterocycles. The summed E-state index contributed by atoms with van der Waals surface area (Å²) >= 11 is 0. The molecule has 0 saturated carbocycles. The normalized spacial score (nSPS) is 13.8. The van der Waals surface area contributed by atoms with Gasteiger partial charge in [-0.1, -0.05) is 66.7 Å². The lowest BCUT2D eigenvalue weighted by Crippen LogP contribution is -2.49. The second-order valence-electron chi connectivity index (χ2n) is 9.16. The Balaban J connectivity index is 1.31. The van der Waals surface area contributed by atoms with Crippen molar-refractivity contribution in [3.63, 3.8) is 0 Å². The number of anilines is 2. The first kappa shape index (κ1) is 26.1. The molecular weight excluding hydrogens is 518 g/mol. The molecule has 4 aromatic rings. The van der Waals surface area contributed by atoms with Gasteiger partial charge in [0.25, 0.3) is 11.1 Å². The molecule has 2 amide bonds. The number of hydrogen-bond donors (Lipinski definition) is 1. The summed E-state index contributed by atoms with van der Waals surface area (Å²) in [6, 6.07) is 23.9. The van der Waals surface area contributed by atoms with Crippen LogP contribution in [0.4, 0.5) is 16.4 Å². The molecule has 0 spiro atoms. The Morgan fingerprint density at radius 1 is 0.897 bits per heavy atom. The van der Waals surface area contributed by atoms with Gasteiger partial charge in [0, 0.05) is 44.1 Å². The molecule has 1 aromatic heterocycles.